The maximum absolute atomic E-state index is 12.5. The summed E-state index contributed by atoms with van der Waals surface area (Å²) >= 11 is 0. The molecule has 1 aromatic rings. The van der Waals surface area contributed by atoms with Gasteiger partial charge in [0.1, 0.15) is 11.9 Å². The molecule has 0 bridgehead atoms. The molecule has 1 amide bonds. The van der Waals surface area contributed by atoms with Crippen LogP contribution in [-0.4, -0.2) is 30.0 Å². The van der Waals surface area contributed by atoms with Crippen LogP contribution in [0.4, 0.5) is 0 Å². The first-order valence-electron chi connectivity index (χ1n) is 7.84. The Morgan fingerprint density at radius 1 is 1.29 bits per heavy atom. The van der Waals surface area contributed by atoms with Crippen molar-refractivity contribution in [2.45, 2.75) is 57.8 Å². The molecule has 4 nitrogen and oxygen atoms in total. The molecule has 1 saturated carbocycles. The molecule has 1 aliphatic heterocycles. The molecule has 3 rings (SSSR count). The summed E-state index contributed by atoms with van der Waals surface area (Å²) in [6.07, 6.45) is 4.73. The first-order valence-corrected chi connectivity index (χ1v) is 7.84. The summed E-state index contributed by atoms with van der Waals surface area (Å²) in [6.45, 7) is 4.00. The van der Waals surface area contributed by atoms with Gasteiger partial charge >= 0.3 is 0 Å². The molecular formula is C17H24N2O2. The van der Waals surface area contributed by atoms with Gasteiger partial charge in [-0.3, -0.25) is 10.1 Å². The van der Waals surface area contributed by atoms with E-state index in [2.05, 4.69) is 22.3 Å². The number of aryl methyl sites for hydroxylation is 1. The van der Waals surface area contributed by atoms with Gasteiger partial charge in [0.15, 0.2) is 0 Å². The Morgan fingerprint density at radius 3 is 2.62 bits per heavy atom. The zero-order chi connectivity index (χ0) is 15.0. The Kier molecular flexibility index (Phi) is 3.89. The first kappa shape index (κ1) is 14.4. The number of methoxy groups -OCH3 is 1. The van der Waals surface area contributed by atoms with Gasteiger partial charge in [0.05, 0.1) is 13.2 Å². The monoisotopic (exact) mass is 288 g/mol. The normalized spacial score (nSPS) is 26.6. The molecular weight excluding hydrogens is 264 g/mol. The largest absolute Gasteiger partial charge is 0.496 e. The lowest BCUT2D eigenvalue weighted by molar-refractivity contribution is -0.132. The fourth-order valence-corrected chi connectivity index (χ4v) is 3.64. The molecule has 0 spiro atoms. The third-order valence-corrected chi connectivity index (χ3v) is 4.76. The number of carbonyl (C=O) groups is 1. The number of nitrogens with zero attached hydrogens (tertiary/aromatic N) is 1. The molecule has 2 aliphatic rings. The molecule has 2 atom stereocenters. The van der Waals surface area contributed by atoms with Crippen LogP contribution in [0.3, 0.4) is 0 Å². The summed E-state index contributed by atoms with van der Waals surface area (Å²) in [4.78, 5) is 14.6. The van der Waals surface area contributed by atoms with Gasteiger partial charge in [-0.1, -0.05) is 18.9 Å². The molecule has 1 heterocycles. The number of hydrogen-bond acceptors (Lipinski definition) is 3. The second-order valence-electron chi connectivity index (χ2n) is 6.20. The van der Waals surface area contributed by atoms with Gasteiger partial charge in [-0.25, -0.2) is 0 Å². The number of carbonyl (C=O) groups excluding carboxylic acids is 1. The number of hydrogen-bond donors (Lipinski definition) is 1. The van der Waals surface area contributed by atoms with E-state index in [-0.39, 0.29) is 18.1 Å². The smallest absolute Gasteiger partial charge is 0.241 e. The van der Waals surface area contributed by atoms with Gasteiger partial charge in [0, 0.05) is 6.04 Å². The van der Waals surface area contributed by atoms with Crippen LogP contribution < -0.4 is 10.1 Å². The minimum Gasteiger partial charge on any atom is -0.496 e. The van der Waals surface area contributed by atoms with Crippen molar-refractivity contribution in [2.24, 2.45) is 0 Å². The van der Waals surface area contributed by atoms with E-state index in [4.69, 9.17) is 4.74 Å². The molecule has 1 aliphatic carbocycles. The number of rotatable bonds is 3. The molecule has 0 aromatic heterocycles. The highest BCUT2D eigenvalue weighted by atomic mass is 16.5. The third kappa shape index (κ3) is 2.53. The van der Waals surface area contributed by atoms with Crippen molar-refractivity contribution in [1.29, 1.82) is 0 Å². The van der Waals surface area contributed by atoms with Gasteiger partial charge in [-0.05, 0) is 49.9 Å². The number of ether oxygens (including phenoxy) is 1. The average Bonchev–Trinajstić information content (AvgIpc) is 3.08. The quantitative estimate of drug-likeness (QED) is 0.930. The highest BCUT2D eigenvalue weighted by molar-refractivity contribution is 5.84. The summed E-state index contributed by atoms with van der Waals surface area (Å²) in [5, 5.41) is 3.45. The molecule has 114 valence electrons. The zero-order valence-corrected chi connectivity index (χ0v) is 13.1. The van der Waals surface area contributed by atoms with Crippen molar-refractivity contribution >= 4 is 5.91 Å². The topological polar surface area (TPSA) is 41.6 Å². The van der Waals surface area contributed by atoms with Crippen LogP contribution in [0.2, 0.25) is 0 Å². The van der Waals surface area contributed by atoms with E-state index in [1.807, 2.05) is 19.9 Å². The van der Waals surface area contributed by atoms with E-state index in [9.17, 15) is 4.79 Å². The fraction of sp³-hybridized carbons (Fsp3) is 0.588. The Morgan fingerprint density at radius 2 is 2.00 bits per heavy atom. The Bertz CT molecular complexity index is 538. The number of benzene rings is 1. The molecule has 2 unspecified atom stereocenters. The summed E-state index contributed by atoms with van der Waals surface area (Å²) in [7, 11) is 1.69. The highest BCUT2D eigenvalue weighted by Crippen LogP contribution is 2.35. The lowest BCUT2D eigenvalue weighted by Gasteiger charge is -2.30. The number of nitrogens with one attached hydrogen (secondary N) is 1. The highest BCUT2D eigenvalue weighted by Gasteiger charge is 2.41. The Balaban J connectivity index is 1.91. The summed E-state index contributed by atoms with van der Waals surface area (Å²) in [5.41, 5.74) is 2.26. The van der Waals surface area contributed by atoms with Crippen LogP contribution in [-0.2, 0) is 4.79 Å². The van der Waals surface area contributed by atoms with Crippen LogP contribution in [0.25, 0.3) is 0 Å². The van der Waals surface area contributed by atoms with Gasteiger partial charge < -0.3 is 9.64 Å². The lowest BCUT2D eigenvalue weighted by Crippen LogP contribution is -2.38. The second-order valence-corrected chi connectivity index (χ2v) is 6.20. The Labute approximate surface area is 126 Å². The molecule has 1 N–H and O–H groups in total. The SMILES string of the molecule is COc1ccc(C2NC(C)C(=O)N2C2CCCC2)cc1C. The van der Waals surface area contributed by atoms with E-state index >= 15 is 0 Å². The molecule has 1 aromatic carbocycles. The van der Waals surface area contributed by atoms with Crippen molar-refractivity contribution in [1.82, 2.24) is 10.2 Å². The van der Waals surface area contributed by atoms with Crippen LogP contribution in [0.15, 0.2) is 18.2 Å². The molecule has 1 saturated heterocycles. The average molecular weight is 288 g/mol. The molecule has 21 heavy (non-hydrogen) atoms. The maximum atomic E-state index is 12.5. The van der Waals surface area contributed by atoms with Gasteiger partial charge in [-0.2, -0.15) is 0 Å². The van der Waals surface area contributed by atoms with Crippen molar-refractivity contribution in [3.8, 4) is 5.75 Å². The van der Waals surface area contributed by atoms with Gasteiger partial charge in [0.2, 0.25) is 5.91 Å². The predicted octanol–water partition coefficient (Wildman–Crippen LogP) is 2.77. The van der Waals surface area contributed by atoms with Crippen LogP contribution in [0, 0.1) is 6.92 Å². The summed E-state index contributed by atoms with van der Waals surface area (Å²) in [5.74, 6) is 1.13. The van der Waals surface area contributed by atoms with E-state index < -0.39 is 0 Å². The van der Waals surface area contributed by atoms with Gasteiger partial charge in [0.25, 0.3) is 0 Å². The van der Waals surface area contributed by atoms with E-state index in [1.165, 1.54) is 12.8 Å². The van der Waals surface area contributed by atoms with Crippen LogP contribution in [0.1, 0.15) is 49.9 Å². The second kappa shape index (κ2) is 5.68. The van der Waals surface area contributed by atoms with Gasteiger partial charge in [-0.15, -0.1) is 0 Å². The van der Waals surface area contributed by atoms with Crippen LogP contribution >= 0.6 is 0 Å². The zero-order valence-electron chi connectivity index (χ0n) is 13.1. The maximum Gasteiger partial charge on any atom is 0.241 e. The Hall–Kier alpha value is -1.55. The lowest BCUT2D eigenvalue weighted by atomic mass is 10.1. The van der Waals surface area contributed by atoms with Crippen LogP contribution in [0.5, 0.6) is 5.75 Å². The minimum atomic E-state index is -0.0991. The summed E-state index contributed by atoms with van der Waals surface area (Å²) in [6, 6.07) is 6.48. The first-order chi connectivity index (χ1) is 10.1. The van der Waals surface area contributed by atoms with Crippen molar-refractivity contribution in [3.63, 3.8) is 0 Å². The molecule has 2 fully saturated rings. The van der Waals surface area contributed by atoms with E-state index in [0.29, 0.717) is 6.04 Å². The predicted molar refractivity (Wildman–Crippen MR) is 82.2 cm³/mol. The summed E-state index contributed by atoms with van der Waals surface area (Å²) < 4.78 is 5.33. The molecule has 4 heteroatoms. The van der Waals surface area contributed by atoms with E-state index in [0.717, 1.165) is 29.7 Å². The third-order valence-electron chi connectivity index (χ3n) is 4.76. The fourth-order valence-electron chi connectivity index (χ4n) is 3.64. The van der Waals surface area contributed by atoms with E-state index in [1.54, 1.807) is 7.11 Å². The minimum absolute atomic E-state index is 0.000191. The van der Waals surface area contributed by atoms with Crippen molar-refractivity contribution in [3.05, 3.63) is 29.3 Å². The van der Waals surface area contributed by atoms with Crippen molar-refractivity contribution < 1.29 is 9.53 Å². The van der Waals surface area contributed by atoms with Crippen molar-refractivity contribution in [2.75, 3.05) is 7.11 Å². The number of amides is 1. The molecule has 0 radical (unpaired) electrons. The standard InChI is InChI=1S/C17H24N2O2/c1-11-10-13(8-9-15(11)21-3)16-18-12(2)17(20)19(16)14-6-4-5-7-14/h8-10,12,14,16,18H,4-7H2,1-3H3.